The van der Waals surface area contributed by atoms with Crippen LogP contribution < -0.4 is 0 Å². The monoisotopic (exact) mass is 221 g/mol. The molecule has 4 nitrogen and oxygen atoms in total. The number of carboxylic acids is 1. The number of para-hydroxylation sites is 1. The highest BCUT2D eigenvalue weighted by Gasteiger charge is 2.03. The minimum Gasteiger partial charge on any atom is -0.506 e. The molecule has 16 heavy (non-hydrogen) atoms. The van der Waals surface area contributed by atoms with Gasteiger partial charge in [0, 0.05) is 25.1 Å². The SMILES string of the molecule is CC(=O)O.CCn1cc(O)c2ccccc21. The van der Waals surface area contributed by atoms with Crippen molar-refractivity contribution < 1.29 is 15.0 Å². The molecule has 0 amide bonds. The van der Waals surface area contributed by atoms with E-state index in [-0.39, 0.29) is 0 Å². The van der Waals surface area contributed by atoms with Gasteiger partial charge in [-0.15, -0.1) is 0 Å². The molecule has 0 radical (unpaired) electrons. The van der Waals surface area contributed by atoms with Gasteiger partial charge >= 0.3 is 0 Å². The molecule has 0 aliphatic carbocycles. The van der Waals surface area contributed by atoms with Crippen LogP contribution in [0, 0.1) is 0 Å². The van der Waals surface area contributed by atoms with E-state index in [9.17, 15) is 5.11 Å². The first-order chi connectivity index (χ1) is 7.56. The maximum absolute atomic E-state index is 9.50. The van der Waals surface area contributed by atoms with Gasteiger partial charge in [0.1, 0.15) is 5.75 Å². The third-order valence-electron chi connectivity index (χ3n) is 2.11. The number of aromatic nitrogens is 1. The smallest absolute Gasteiger partial charge is 0.300 e. The zero-order valence-corrected chi connectivity index (χ0v) is 9.34. The molecule has 1 aromatic carbocycles. The third kappa shape index (κ3) is 2.76. The van der Waals surface area contributed by atoms with E-state index in [2.05, 4.69) is 6.92 Å². The lowest BCUT2D eigenvalue weighted by molar-refractivity contribution is -0.134. The number of carbonyl (C=O) groups is 1. The summed E-state index contributed by atoms with van der Waals surface area (Å²) in [6.07, 6.45) is 1.77. The van der Waals surface area contributed by atoms with Crippen LogP contribution in [0.2, 0.25) is 0 Å². The lowest BCUT2D eigenvalue weighted by Gasteiger charge is -1.97. The van der Waals surface area contributed by atoms with Gasteiger partial charge in [-0.05, 0) is 19.1 Å². The summed E-state index contributed by atoms with van der Waals surface area (Å²) in [7, 11) is 0. The van der Waals surface area contributed by atoms with E-state index < -0.39 is 5.97 Å². The van der Waals surface area contributed by atoms with Crippen molar-refractivity contribution in [3.8, 4) is 5.75 Å². The van der Waals surface area contributed by atoms with Gasteiger partial charge in [-0.3, -0.25) is 4.79 Å². The first kappa shape index (κ1) is 12.1. The average molecular weight is 221 g/mol. The van der Waals surface area contributed by atoms with E-state index in [1.54, 1.807) is 6.20 Å². The topological polar surface area (TPSA) is 62.5 Å². The maximum Gasteiger partial charge on any atom is 0.300 e. The van der Waals surface area contributed by atoms with Crippen LogP contribution >= 0.6 is 0 Å². The summed E-state index contributed by atoms with van der Waals surface area (Å²) in [5, 5.41) is 17.8. The number of aromatic hydroxyl groups is 1. The molecule has 0 aliphatic rings. The fourth-order valence-corrected chi connectivity index (χ4v) is 1.49. The van der Waals surface area contributed by atoms with Crippen molar-refractivity contribution in [2.75, 3.05) is 0 Å². The van der Waals surface area contributed by atoms with Crippen LogP contribution in [0.5, 0.6) is 5.75 Å². The largest absolute Gasteiger partial charge is 0.506 e. The van der Waals surface area contributed by atoms with Gasteiger partial charge in [-0.25, -0.2) is 0 Å². The highest BCUT2D eigenvalue weighted by Crippen LogP contribution is 2.25. The molecule has 4 heteroatoms. The maximum atomic E-state index is 9.50. The molecule has 0 atom stereocenters. The second-order valence-electron chi connectivity index (χ2n) is 3.34. The van der Waals surface area contributed by atoms with Gasteiger partial charge in [-0.1, -0.05) is 12.1 Å². The van der Waals surface area contributed by atoms with Crippen molar-refractivity contribution in [1.82, 2.24) is 4.57 Å². The molecule has 2 aromatic rings. The van der Waals surface area contributed by atoms with Crippen molar-refractivity contribution >= 4 is 16.9 Å². The Morgan fingerprint density at radius 3 is 2.50 bits per heavy atom. The molecule has 0 unspecified atom stereocenters. The summed E-state index contributed by atoms with van der Waals surface area (Å²) in [6, 6.07) is 7.85. The molecule has 0 fully saturated rings. The fourth-order valence-electron chi connectivity index (χ4n) is 1.49. The number of aliphatic carboxylic acids is 1. The third-order valence-corrected chi connectivity index (χ3v) is 2.11. The summed E-state index contributed by atoms with van der Waals surface area (Å²) in [4.78, 5) is 9.00. The van der Waals surface area contributed by atoms with Gasteiger partial charge in [0.25, 0.3) is 5.97 Å². The normalized spacial score (nSPS) is 9.62. The van der Waals surface area contributed by atoms with Crippen LogP contribution in [-0.4, -0.2) is 20.7 Å². The Bertz CT molecular complexity index is 484. The number of rotatable bonds is 1. The molecule has 0 saturated carbocycles. The minimum absolute atomic E-state index is 0.368. The summed E-state index contributed by atoms with van der Waals surface area (Å²) < 4.78 is 2.03. The lowest BCUT2D eigenvalue weighted by Crippen LogP contribution is -1.89. The van der Waals surface area contributed by atoms with Crippen molar-refractivity contribution in [3.63, 3.8) is 0 Å². The number of nitrogens with zero attached hydrogens (tertiary/aromatic N) is 1. The molecule has 0 saturated heterocycles. The number of fused-ring (bicyclic) bond motifs is 1. The predicted molar refractivity (Wildman–Crippen MR) is 62.6 cm³/mol. The average Bonchev–Trinajstić information content (AvgIpc) is 2.56. The van der Waals surface area contributed by atoms with Gasteiger partial charge in [-0.2, -0.15) is 0 Å². The van der Waals surface area contributed by atoms with Crippen LogP contribution in [0.4, 0.5) is 0 Å². The summed E-state index contributed by atoms with van der Waals surface area (Å²) >= 11 is 0. The second kappa shape index (κ2) is 5.21. The van der Waals surface area contributed by atoms with E-state index in [0.717, 1.165) is 24.4 Å². The van der Waals surface area contributed by atoms with Crippen molar-refractivity contribution in [1.29, 1.82) is 0 Å². The van der Waals surface area contributed by atoms with Crippen molar-refractivity contribution in [2.24, 2.45) is 0 Å². The fraction of sp³-hybridized carbons (Fsp3) is 0.250. The Morgan fingerprint density at radius 1 is 1.38 bits per heavy atom. The molecule has 1 heterocycles. The molecule has 1 aromatic heterocycles. The summed E-state index contributed by atoms with van der Waals surface area (Å²) in [5.41, 5.74) is 1.09. The van der Waals surface area contributed by atoms with E-state index in [1.807, 2.05) is 28.8 Å². The van der Waals surface area contributed by atoms with E-state index in [0.29, 0.717) is 5.75 Å². The zero-order chi connectivity index (χ0) is 12.1. The highest BCUT2D eigenvalue weighted by atomic mass is 16.4. The number of aryl methyl sites for hydroxylation is 1. The molecule has 2 N–H and O–H groups in total. The Hall–Kier alpha value is -1.97. The number of hydrogen-bond donors (Lipinski definition) is 2. The second-order valence-corrected chi connectivity index (χ2v) is 3.34. The number of carboxylic acid groups (broad SMARTS) is 1. The summed E-state index contributed by atoms with van der Waals surface area (Å²) in [6.45, 7) is 4.03. The lowest BCUT2D eigenvalue weighted by atomic mass is 10.2. The number of hydrogen-bond acceptors (Lipinski definition) is 2. The standard InChI is InChI=1S/C10H11NO.C2H4O2/c1-2-11-7-10(12)8-5-3-4-6-9(8)11;1-2(3)4/h3-7,12H,2H2,1H3;1H3,(H,3,4). The van der Waals surface area contributed by atoms with Crippen molar-refractivity contribution in [3.05, 3.63) is 30.5 Å². The highest BCUT2D eigenvalue weighted by molar-refractivity contribution is 5.86. The molecular weight excluding hydrogens is 206 g/mol. The zero-order valence-electron chi connectivity index (χ0n) is 9.34. The molecule has 0 bridgehead atoms. The Labute approximate surface area is 93.7 Å². The molecular formula is C12H15NO3. The van der Waals surface area contributed by atoms with Crippen molar-refractivity contribution in [2.45, 2.75) is 20.4 Å². The number of benzene rings is 1. The molecule has 0 aliphatic heterocycles. The van der Waals surface area contributed by atoms with E-state index in [1.165, 1.54) is 0 Å². The molecule has 86 valence electrons. The van der Waals surface area contributed by atoms with E-state index >= 15 is 0 Å². The van der Waals surface area contributed by atoms with Gasteiger partial charge < -0.3 is 14.8 Å². The van der Waals surface area contributed by atoms with Crippen LogP contribution in [0.25, 0.3) is 10.9 Å². The molecule has 0 spiro atoms. The predicted octanol–water partition coefficient (Wildman–Crippen LogP) is 2.46. The first-order valence-corrected chi connectivity index (χ1v) is 5.02. The van der Waals surface area contributed by atoms with Gasteiger partial charge in [0.05, 0.1) is 5.52 Å². The first-order valence-electron chi connectivity index (χ1n) is 5.02. The summed E-state index contributed by atoms with van der Waals surface area (Å²) in [5.74, 6) is -0.465. The van der Waals surface area contributed by atoms with Crippen LogP contribution in [-0.2, 0) is 11.3 Å². The van der Waals surface area contributed by atoms with Crippen LogP contribution in [0.1, 0.15) is 13.8 Å². The van der Waals surface area contributed by atoms with Crippen LogP contribution in [0.3, 0.4) is 0 Å². The quantitative estimate of drug-likeness (QED) is 0.777. The molecule has 2 rings (SSSR count). The van der Waals surface area contributed by atoms with Gasteiger partial charge in [0.15, 0.2) is 0 Å². The Balaban J connectivity index is 0.000000280. The Kier molecular flexibility index (Phi) is 3.94. The van der Waals surface area contributed by atoms with Gasteiger partial charge in [0.2, 0.25) is 0 Å². The minimum atomic E-state index is -0.833. The Morgan fingerprint density at radius 2 is 1.94 bits per heavy atom. The van der Waals surface area contributed by atoms with E-state index in [4.69, 9.17) is 9.90 Å². The van der Waals surface area contributed by atoms with Crippen LogP contribution in [0.15, 0.2) is 30.5 Å².